The number of benzene rings is 2. The Balaban J connectivity index is 1.36. The highest BCUT2D eigenvalue weighted by molar-refractivity contribution is 5.89. The van der Waals surface area contributed by atoms with Gasteiger partial charge >= 0.3 is 6.03 Å². The first-order chi connectivity index (χ1) is 17.6. The monoisotopic (exact) mass is 485 g/mol. The van der Waals surface area contributed by atoms with Gasteiger partial charge in [0.1, 0.15) is 17.1 Å². The summed E-state index contributed by atoms with van der Waals surface area (Å²) in [6.45, 7) is 2.57. The lowest BCUT2D eigenvalue weighted by Crippen LogP contribution is -2.32. The van der Waals surface area contributed by atoms with Gasteiger partial charge in [0, 0.05) is 17.7 Å². The van der Waals surface area contributed by atoms with Gasteiger partial charge in [-0.1, -0.05) is 49.4 Å². The van der Waals surface area contributed by atoms with Crippen LogP contribution in [0.1, 0.15) is 30.9 Å². The average molecular weight is 486 g/mol. The molecule has 0 saturated carbocycles. The smallest absolute Gasteiger partial charge is 0.320 e. The van der Waals surface area contributed by atoms with Crippen LogP contribution in [0.2, 0.25) is 0 Å². The largest absolute Gasteiger partial charge is 0.496 e. The second kappa shape index (κ2) is 12.1. The van der Waals surface area contributed by atoms with E-state index in [1.54, 1.807) is 31.5 Å². The molecule has 0 radical (unpaired) electrons. The van der Waals surface area contributed by atoms with Crippen molar-refractivity contribution in [3.63, 3.8) is 0 Å². The number of para-hydroxylation sites is 1. The number of rotatable bonds is 10. The van der Waals surface area contributed by atoms with Crippen molar-refractivity contribution in [1.29, 1.82) is 0 Å². The van der Waals surface area contributed by atoms with E-state index in [9.17, 15) is 9.90 Å². The molecule has 2 aromatic carbocycles. The molecule has 186 valence electrons. The summed E-state index contributed by atoms with van der Waals surface area (Å²) in [4.78, 5) is 26.0. The summed E-state index contributed by atoms with van der Waals surface area (Å²) >= 11 is 0. The lowest BCUT2D eigenvalue weighted by atomic mass is 10.0. The van der Waals surface area contributed by atoms with Crippen molar-refractivity contribution in [3.05, 3.63) is 78.0 Å². The topological polar surface area (TPSA) is 109 Å². The zero-order valence-electron chi connectivity index (χ0n) is 20.6. The van der Waals surface area contributed by atoms with E-state index >= 15 is 0 Å². The molecule has 4 aromatic rings. The van der Waals surface area contributed by atoms with E-state index in [1.807, 2.05) is 18.2 Å². The number of urea groups is 1. The summed E-state index contributed by atoms with van der Waals surface area (Å²) < 4.78 is 5.49. The number of aryl methyl sites for hydroxylation is 1. The molecule has 1 atom stereocenters. The van der Waals surface area contributed by atoms with Gasteiger partial charge in [-0.25, -0.2) is 14.8 Å². The number of amides is 2. The average Bonchev–Trinajstić information content (AvgIpc) is 2.91. The standard InChI is InChI=1S/C28H31N5O3/c1-19(8-6-11-20-9-4-3-5-10-20)16-30-28(35)33-25-15-14-23-27(32-25)31-24(17-29-23)22-13-7-12-21(18-34)26(22)36-2/h3-5,7,9-10,12-15,17,19,34H,6,8,11,16,18H2,1-2H3,(H2,30,31,32,33,35). The van der Waals surface area contributed by atoms with Crippen LogP contribution >= 0.6 is 0 Å². The Morgan fingerprint density at radius 1 is 1.06 bits per heavy atom. The van der Waals surface area contributed by atoms with E-state index in [1.165, 1.54) is 5.56 Å². The van der Waals surface area contributed by atoms with Crippen LogP contribution in [-0.4, -0.2) is 39.7 Å². The maximum absolute atomic E-state index is 12.5. The third kappa shape index (κ3) is 6.34. The first kappa shape index (κ1) is 25.1. The number of fused-ring (bicyclic) bond motifs is 1. The molecule has 2 amide bonds. The van der Waals surface area contributed by atoms with Crippen LogP contribution < -0.4 is 15.4 Å². The summed E-state index contributed by atoms with van der Waals surface area (Å²) in [5.41, 5.74) is 4.27. The van der Waals surface area contributed by atoms with E-state index in [4.69, 9.17) is 4.74 Å². The Labute approximate surface area is 210 Å². The van der Waals surface area contributed by atoms with Crippen LogP contribution in [-0.2, 0) is 13.0 Å². The van der Waals surface area contributed by atoms with Gasteiger partial charge in [-0.05, 0) is 48.9 Å². The molecule has 36 heavy (non-hydrogen) atoms. The third-order valence-electron chi connectivity index (χ3n) is 6.01. The van der Waals surface area contributed by atoms with E-state index in [-0.39, 0.29) is 12.6 Å². The zero-order chi connectivity index (χ0) is 25.3. The van der Waals surface area contributed by atoms with Crippen LogP contribution in [0.25, 0.3) is 22.4 Å². The van der Waals surface area contributed by atoms with Gasteiger partial charge < -0.3 is 15.2 Å². The summed E-state index contributed by atoms with van der Waals surface area (Å²) in [5.74, 6) is 1.29. The molecule has 0 aliphatic rings. The Bertz CT molecular complexity index is 1310. The number of aromatic nitrogens is 3. The molecule has 8 nitrogen and oxygen atoms in total. The van der Waals surface area contributed by atoms with Gasteiger partial charge in [0.15, 0.2) is 5.65 Å². The molecular formula is C28H31N5O3. The second-order valence-electron chi connectivity index (χ2n) is 8.77. The lowest BCUT2D eigenvalue weighted by Gasteiger charge is -2.13. The Morgan fingerprint density at radius 3 is 2.67 bits per heavy atom. The molecular weight excluding hydrogens is 454 g/mol. The minimum atomic E-state index is -0.307. The fourth-order valence-corrected chi connectivity index (χ4v) is 4.08. The Kier molecular flexibility index (Phi) is 8.41. The van der Waals surface area contributed by atoms with Gasteiger partial charge in [-0.2, -0.15) is 0 Å². The van der Waals surface area contributed by atoms with Gasteiger partial charge in [0.05, 0.1) is 25.6 Å². The Hall–Kier alpha value is -4.04. The molecule has 0 saturated heterocycles. The van der Waals surface area contributed by atoms with E-state index in [0.717, 1.165) is 19.3 Å². The third-order valence-corrected chi connectivity index (χ3v) is 6.01. The van der Waals surface area contributed by atoms with Crippen molar-refractivity contribution >= 4 is 23.0 Å². The first-order valence-corrected chi connectivity index (χ1v) is 12.1. The lowest BCUT2D eigenvalue weighted by molar-refractivity contribution is 0.250. The zero-order valence-corrected chi connectivity index (χ0v) is 20.6. The predicted molar refractivity (Wildman–Crippen MR) is 141 cm³/mol. The highest BCUT2D eigenvalue weighted by Gasteiger charge is 2.14. The van der Waals surface area contributed by atoms with Crippen LogP contribution in [0.5, 0.6) is 5.75 Å². The number of carbonyl (C=O) groups is 1. The van der Waals surface area contributed by atoms with Gasteiger partial charge in [0.25, 0.3) is 0 Å². The number of ether oxygens (including phenoxy) is 1. The SMILES string of the molecule is COc1c(CO)cccc1-c1cnc2ccc(NC(=O)NCC(C)CCCc3ccccc3)nc2n1. The maximum Gasteiger partial charge on any atom is 0.320 e. The summed E-state index contributed by atoms with van der Waals surface area (Å²) in [7, 11) is 1.55. The van der Waals surface area contributed by atoms with Crippen molar-refractivity contribution in [2.24, 2.45) is 5.92 Å². The van der Waals surface area contributed by atoms with Crippen molar-refractivity contribution in [3.8, 4) is 17.0 Å². The van der Waals surface area contributed by atoms with Crippen molar-refractivity contribution in [1.82, 2.24) is 20.3 Å². The molecule has 2 aromatic heterocycles. The number of nitrogens with zero attached hydrogens (tertiary/aromatic N) is 3. The number of pyridine rings is 1. The fraction of sp³-hybridized carbons (Fsp3) is 0.286. The minimum Gasteiger partial charge on any atom is -0.496 e. The molecule has 3 N–H and O–H groups in total. The van der Waals surface area contributed by atoms with Crippen LogP contribution in [0, 0.1) is 5.92 Å². The molecule has 0 spiro atoms. The minimum absolute atomic E-state index is 0.148. The predicted octanol–water partition coefficient (Wildman–Crippen LogP) is 4.97. The number of aliphatic hydroxyl groups excluding tert-OH is 1. The number of aliphatic hydroxyl groups is 1. The number of carbonyl (C=O) groups excluding carboxylic acids is 1. The van der Waals surface area contributed by atoms with E-state index in [2.05, 4.69) is 56.8 Å². The highest BCUT2D eigenvalue weighted by atomic mass is 16.5. The number of hydrogen-bond acceptors (Lipinski definition) is 6. The number of methoxy groups -OCH3 is 1. The maximum atomic E-state index is 12.5. The van der Waals surface area contributed by atoms with Crippen molar-refractivity contribution in [2.45, 2.75) is 32.8 Å². The normalized spacial score (nSPS) is 11.8. The number of nitrogens with one attached hydrogen (secondary N) is 2. The molecule has 0 bridgehead atoms. The van der Waals surface area contributed by atoms with Gasteiger partial charge in [-0.15, -0.1) is 0 Å². The van der Waals surface area contributed by atoms with E-state index in [0.29, 0.717) is 52.0 Å². The van der Waals surface area contributed by atoms with Crippen LogP contribution in [0.15, 0.2) is 66.9 Å². The molecule has 0 fully saturated rings. The molecule has 2 heterocycles. The van der Waals surface area contributed by atoms with Crippen molar-refractivity contribution < 1.29 is 14.6 Å². The van der Waals surface area contributed by atoms with E-state index < -0.39 is 0 Å². The van der Waals surface area contributed by atoms with Crippen LogP contribution in [0.3, 0.4) is 0 Å². The molecule has 4 rings (SSSR count). The Morgan fingerprint density at radius 2 is 1.89 bits per heavy atom. The number of hydrogen-bond donors (Lipinski definition) is 3. The summed E-state index contributed by atoms with van der Waals surface area (Å²) in [6.07, 6.45) is 4.79. The molecule has 0 aliphatic heterocycles. The van der Waals surface area contributed by atoms with Crippen molar-refractivity contribution in [2.75, 3.05) is 19.0 Å². The van der Waals surface area contributed by atoms with Gasteiger partial charge in [0.2, 0.25) is 0 Å². The quantitative estimate of drug-likeness (QED) is 0.293. The first-order valence-electron chi connectivity index (χ1n) is 12.1. The number of anilines is 1. The summed E-state index contributed by atoms with van der Waals surface area (Å²) in [5, 5.41) is 15.3. The van der Waals surface area contributed by atoms with Crippen LogP contribution in [0.4, 0.5) is 10.6 Å². The molecule has 0 aliphatic carbocycles. The molecule has 8 heteroatoms. The fourth-order valence-electron chi connectivity index (χ4n) is 4.08. The second-order valence-corrected chi connectivity index (χ2v) is 8.77. The molecule has 1 unspecified atom stereocenters. The van der Waals surface area contributed by atoms with Gasteiger partial charge in [-0.3, -0.25) is 10.3 Å². The summed E-state index contributed by atoms with van der Waals surface area (Å²) in [6, 6.07) is 19.1. The highest BCUT2D eigenvalue weighted by Crippen LogP contribution is 2.32.